The van der Waals surface area contributed by atoms with Crippen molar-refractivity contribution in [2.75, 3.05) is 26.4 Å². The van der Waals surface area contributed by atoms with E-state index in [1.54, 1.807) is 0 Å². The highest BCUT2D eigenvalue weighted by atomic mass is 31.2. The number of rotatable bonds is 31. The minimum Gasteiger partial charge on any atom is -0.756 e. The van der Waals surface area contributed by atoms with Gasteiger partial charge in [0.25, 0.3) is 7.82 Å². The Morgan fingerprint density at radius 3 is 1.73 bits per heavy atom. The van der Waals surface area contributed by atoms with Gasteiger partial charge in [-0.05, 0) is 30.6 Å². The van der Waals surface area contributed by atoms with Gasteiger partial charge in [0.05, 0.1) is 13.2 Å². The highest BCUT2D eigenvalue weighted by Gasteiger charge is 2.21. The standard InChI is InChI=1S/C35H68NO8P/c1-35(2,3)26-20-16-12-8-7-10-14-18-22-33(37)41-29-32(30-43-45(39,40)42-28-27-36)44-34(38)23-19-15-11-6-4-5-9-13-17-21-31-24-25-31/h31-32H,4-30,36H2,1-3H3,(H,39,40)/p-1/t32-/m0/s1. The maximum atomic E-state index is 12.5. The Kier molecular flexibility index (Phi) is 24.3. The van der Waals surface area contributed by atoms with Crippen LogP contribution >= 0.6 is 7.82 Å². The van der Waals surface area contributed by atoms with Gasteiger partial charge in [-0.25, -0.2) is 0 Å². The molecule has 9 nitrogen and oxygen atoms in total. The number of ether oxygens (including phenoxy) is 2. The van der Waals surface area contributed by atoms with E-state index in [2.05, 4.69) is 25.3 Å². The zero-order valence-electron chi connectivity index (χ0n) is 29.0. The highest BCUT2D eigenvalue weighted by molar-refractivity contribution is 7.45. The van der Waals surface area contributed by atoms with Crippen LogP contribution in [0.25, 0.3) is 0 Å². The normalized spacial score (nSPS) is 15.5. The second kappa shape index (κ2) is 26.0. The van der Waals surface area contributed by atoms with E-state index in [9.17, 15) is 19.0 Å². The smallest absolute Gasteiger partial charge is 0.306 e. The van der Waals surface area contributed by atoms with Gasteiger partial charge in [-0.1, -0.05) is 136 Å². The van der Waals surface area contributed by atoms with Gasteiger partial charge in [-0.3, -0.25) is 14.2 Å². The molecule has 1 saturated carbocycles. The summed E-state index contributed by atoms with van der Waals surface area (Å²) in [4.78, 5) is 36.7. The summed E-state index contributed by atoms with van der Waals surface area (Å²) < 4.78 is 32.2. The van der Waals surface area contributed by atoms with E-state index in [0.29, 0.717) is 11.8 Å². The minimum absolute atomic E-state index is 0.0173. The summed E-state index contributed by atoms with van der Waals surface area (Å²) in [6, 6.07) is 0. The molecule has 0 amide bonds. The molecule has 1 rings (SSSR count). The lowest BCUT2D eigenvalue weighted by Crippen LogP contribution is -2.30. The molecule has 0 aromatic heterocycles. The van der Waals surface area contributed by atoms with Crippen LogP contribution in [-0.2, 0) is 32.7 Å². The third-order valence-electron chi connectivity index (χ3n) is 8.26. The summed E-state index contributed by atoms with van der Waals surface area (Å²) in [5.41, 5.74) is 5.71. The van der Waals surface area contributed by atoms with Crippen molar-refractivity contribution in [3.8, 4) is 0 Å². The van der Waals surface area contributed by atoms with E-state index in [0.717, 1.165) is 38.0 Å². The Hall–Kier alpha value is -0.990. The highest BCUT2D eigenvalue weighted by Crippen LogP contribution is 2.38. The average molecular weight is 661 g/mol. The van der Waals surface area contributed by atoms with Crippen LogP contribution in [0.2, 0.25) is 0 Å². The number of phosphoric ester groups is 1. The number of hydrogen-bond donors (Lipinski definition) is 1. The SMILES string of the molecule is CC(C)(C)CCCCCCCCCCC(=O)OC[C@@H](COP(=O)([O-])OCCN)OC(=O)CCCCCCCCCCCC1CC1. The Bertz CT molecular complexity index is 799. The van der Waals surface area contributed by atoms with Gasteiger partial charge in [-0.2, -0.15) is 0 Å². The number of unbranched alkanes of at least 4 members (excludes halogenated alkanes) is 15. The molecular weight excluding hydrogens is 593 g/mol. The summed E-state index contributed by atoms with van der Waals surface area (Å²) >= 11 is 0. The van der Waals surface area contributed by atoms with Gasteiger partial charge in [0.2, 0.25) is 0 Å². The van der Waals surface area contributed by atoms with Crippen LogP contribution in [0, 0.1) is 11.3 Å². The Morgan fingerprint density at radius 2 is 1.22 bits per heavy atom. The van der Waals surface area contributed by atoms with E-state index < -0.39 is 32.5 Å². The van der Waals surface area contributed by atoms with Crippen LogP contribution in [0.3, 0.4) is 0 Å². The Labute approximate surface area is 275 Å². The third-order valence-corrected chi connectivity index (χ3v) is 9.23. The van der Waals surface area contributed by atoms with Crippen molar-refractivity contribution < 1.29 is 37.6 Å². The molecule has 45 heavy (non-hydrogen) atoms. The first kappa shape index (κ1) is 42.0. The van der Waals surface area contributed by atoms with Crippen molar-refractivity contribution >= 4 is 19.8 Å². The fourth-order valence-corrected chi connectivity index (χ4v) is 6.08. The molecule has 0 heterocycles. The van der Waals surface area contributed by atoms with Gasteiger partial charge < -0.3 is 29.1 Å². The summed E-state index contributed by atoms with van der Waals surface area (Å²) in [6.07, 6.45) is 24.5. The molecule has 0 aromatic carbocycles. The fourth-order valence-electron chi connectivity index (χ4n) is 5.33. The van der Waals surface area contributed by atoms with Crippen molar-refractivity contribution in [3.05, 3.63) is 0 Å². The fraction of sp³-hybridized carbons (Fsp3) is 0.943. The van der Waals surface area contributed by atoms with Gasteiger partial charge in [0, 0.05) is 19.4 Å². The first-order valence-corrected chi connectivity index (χ1v) is 19.6. The van der Waals surface area contributed by atoms with Crippen molar-refractivity contribution in [2.24, 2.45) is 17.1 Å². The van der Waals surface area contributed by atoms with Gasteiger partial charge in [0.1, 0.15) is 6.61 Å². The molecule has 0 aromatic rings. The van der Waals surface area contributed by atoms with E-state index >= 15 is 0 Å². The lowest BCUT2D eigenvalue weighted by molar-refractivity contribution is -0.228. The Morgan fingerprint density at radius 1 is 0.733 bits per heavy atom. The number of carbonyl (C=O) groups excluding carboxylic acids is 2. The summed E-state index contributed by atoms with van der Waals surface area (Å²) in [5.74, 6) is 0.175. The molecule has 2 N–H and O–H groups in total. The number of carbonyl (C=O) groups is 2. The van der Waals surface area contributed by atoms with Crippen LogP contribution in [0.1, 0.15) is 168 Å². The van der Waals surface area contributed by atoms with Crippen LogP contribution < -0.4 is 10.6 Å². The van der Waals surface area contributed by atoms with Crippen molar-refractivity contribution in [1.82, 2.24) is 0 Å². The number of nitrogens with two attached hydrogens (primary N) is 1. The molecule has 0 aliphatic heterocycles. The van der Waals surface area contributed by atoms with Gasteiger partial charge in [-0.15, -0.1) is 0 Å². The molecule has 0 bridgehead atoms. The van der Waals surface area contributed by atoms with E-state index in [1.807, 2.05) is 0 Å². The number of esters is 2. The molecule has 0 spiro atoms. The lowest BCUT2D eigenvalue weighted by Gasteiger charge is -2.25. The quantitative estimate of drug-likeness (QED) is 0.0440. The summed E-state index contributed by atoms with van der Waals surface area (Å²) in [5, 5.41) is 0. The average Bonchev–Trinajstić information content (AvgIpc) is 3.81. The molecule has 2 atom stereocenters. The van der Waals surface area contributed by atoms with E-state index in [-0.39, 0.29) is 32.6 Å². The zero-order valence-corrected chi connectivity index (χ0v) is 29.9. The zero-order chi connectivity index (χ0) is 33.2. The first-order chi connectivity index (χ1) is 21.5. The minimum atomic E-state index is -4.61. The van der Waals surface area contributed by atoms with Crippen molar-refractivity contribution in [2.45, 2.75) is 175 Å². The molecule has 0 saturated heterocycles. The topological polar surface area (TPSA) is 137 Å². The largest absolute Gasteiger partial charge is 0.756 e. The molecule has 266 valence electrons. The maximum Gasteiger partial charge on any atom is 0.306 e. The Balaban J connectivity index is 2.21. The molecular formula is C35H67NO8P-. The van der Waals surface area contributed by atoms with E-state index in [4.69, 9.17) is 19.7 Å². The van der Waals surface area contributed by atoms with Crippen LogP contribution in [0.15, 0.2) is 0 Å². The third kappa shape index (κ3) is 28.9. The molecule has 10 heteroatoms. The summed E-state index contributed by atoms with van der Waals surface area (Å²) in [7, 11) is -4.61. The molecule has 1 aliphatic carbocycles. The predicted octanol–water partition coefficient (Wildman–Crippen LogP) is 8.55. The first-order valence-electron chi connectivity index (χ1n) is 18.2. The molecule has 0 radical (unpaired) electrons. The molecule has 1 aliphatic rings. The van der Waals surface area contributed by atoms with Crippen molar-refractivity contribution in [3.63, 3.8) is 0 Å². The molecule has 1 unspecified atom stereocenters. The van der Waals surface area contributed by atoms with Crippen molar-refractivity contribution in [1.29, 1.82) is 0 Å². The van der Waals surface area contributed by atoms with Crippen LogP contribution in [0.5, 0.6) is 0 Å². The number of hydrogen-bond acceptors (Lipinski definition) is 9. The second-order valence-corrected chi connectivity index (χ2v) is 15.6. The lowest BCUT2D eigenvalue weighted by atomic mass is 9.89. The van der Waals surface area contributed by atoms with Gasteiger partial charge in [0.15, 0.2) is 6.10 Å². The number of phosphoric acid groups is 1. The second-order valence-electron chi connectivity index (χ2n) is 14.2. The van der Waals surface area contributed by atoms with E-state index in [1.165, 1.54) is 96.3 Å². The van der Waals surface area contributed by atoms with Gasteiger partial charge >= 0.3 is 11.9 Å². The van der Waals surface area contributed by atoms with Crippen LogP contribution in [-0.4, -0.2) is 44.4 Å². The predicted molar refractivity (Wildman–Crippen MR) is 179 cm³/mol. The molecule has 1 fully saturated rings. The maximum absolute atomic E-state index is 12.5. The monoisotopic (exact) mass is 660 g/mol. The van der Waals surface area contributed by atoms with Crippen LogP contribution in [0.4, 0.5) is 0 Å². The summed E-state index contributed by atoms with van der Waals surface area (Å²) in [6.45, 7) is 5.90.